The minimum Gasteiger partial charge on any atom is -0.393 e. The van der Waals surface area contributed by atoms with Crippen molar-refractivity contribution in [2.45, 2.75) is 64.1 Å². The molecule has 2 rings (SSSR count). The topological polar surface area (TPSA) is 43.7 Å². The molecule has 1 saturated carbocycles. The molecule has 0 unspecified atom stereocenters. The zero-order valence-corrected chi connectivity index (χ0v) is 11.9. The van der Waals surface area contributed by atoms with Crippen molar-refractivity contribution in [1.82, 2.24) is 4.90 Å². The molecule has 0 aromatic heterocycles. The number of piperidine rings is 1. The van der Waals surface area contributed by atoms with Crippen molar-refractivity contribution in [3.05, 3.63) is 0 Å². The summed E-state index contributed by atoms with van der Waals surface area (Å²) in [5, 5.41) is 20.4. The lowest BCUT2D eigenvalue weighted by Crippen LogP contribution is -2.49. The molecular weight excluding hydrogens is 226 g/mol. The highest BCUT2D eigenvalue weighted by molar-refractivity contribution is 4.89. The van der Waals surface area contributed by atoms with Gasteiger partial charge in [0, 0.05) is 13.1 Å². The van der Waals surface area contributed by atoms with Gasteiger partial charge in [-0.1, -0.05) is 6.92 Å². The third-order valence-corrected chi connectivity index (χ3v) is 4.95. The molecule has 0 radical (unpaired) electrons. The van der Waals surface area contributed by atoms with Gasteiger partial charge in [0.25, 0.3) is 0 Å². The molecule has 1 saturated heterocycles. The first-order valence-corrected chi connectivity index (χ1v) is 7.61. The number of likely N-dealkylation sites (tertiary alicyclic amines) is 1. The number of nitrogens with zero attached hydrogens (tertiary/aromatic N) is 1. The second kappa shape index (κ2) is 5.89. The Bertz CT molecular complexity index is 259. The summed E-state index contributed by atoms with van der Waals surface area (Å²) < 4.78 is 0. The molecule has 0 aromatic carbocycles. The van der Waals surface area contributed by atoms with Gasteiger partial charge in [-0.15, -0.1) is 0 Å². The summed E-state index contributed by atoms with van der Waals surface area (Å²) in [6.45, 7) is 7.02. The van der Waals surface area contributed by atoms with E-state index in [4.69, 9.17) is 0 Å². The molecule has 3 nitrogen and oxygen atoms in total. The Morgan fingerprint density at radius 1 is 1.28 bits per heavy atom. The summed E-state index contributed by atoms with van der Waals surface area (Å²) in [6, 6.07) is 0. The number of aliphatic hydroxyl groups is 2. The molecule has 0 spiro atoms. The van der Waals surface area contributed by atoms with E-state index < -0.39 is 5.60 Å². The van der Waals surface area contributed by atoms with Gasteiger partial charge in [-0.05, 0) is 63.8 Å². The minimum atomic E-state index is -0.465. The van der Waals surface area contributed by atoms with Crippen LogP contribution in [0.5, 0.6) is 0 Å². The molecule has 2 fully saturated rings. The Hall–Kier alpha value is -0.120. The second-order valence-electron chi connectivity index (χ2n) is 6.78. The summed E-state index contributed by atoms with van der Waals surface area (Å²) >= 11 is 0. The lowest BCUT2D eigenvalue weighted by Gasteiger charge is -2.42. The Labute approximate surface area is 111 Å². The van der Waals surface area contributed by atoms with Crippen molar-refractivity contribution < 1.29 is 10.2 Å². The van der Waals surface area contributed by atoms with Crippen LogP contribution in [0.2, 0.25) is 0 Å². The minimum absolute atomic E-state index is 0.214. The maximum absolute atomic E-state index is 10.7. The molecule has 3 heteroatoms. The number of rotatable bonds is 3. The molecule has 1 aliphatic carbocycles. The van der Waals surface area contributed by atoms with Crippen LogP contribution in [0.25, 0.3) is 0 Å². The van der Waals surface area contributed by atoms with Crippen LogP contribution >= 0.6 is 0 Å². The Kier molecular flexibility index (Phi) is 4.68. The van der Waals surface area contributed by atoms with Gasteiger partial charge in [0.05, 0.1) is 11.7 Å². The van der Waals surface area contributed by atoms with Gasteiger partial charge >= 0.3 is 0 Å². The van der Waals surface area contributed by atoms with Crippen molar-refractivity contribution >= 4 is 0 Å². The van der Waals surface area contributed by atoms with Crippen molar-refractivity contribution in [3.8, 4) is 0 Å². The van der Waals surface area contributed by atoms with Crippen LogP contribution < -0.4 is 0 Å². The normalized spacial score (nSPS) is 40.7. The van der Waals surface area contributed by atoms with E-state index in [-0.39, 0.29) is 6.10 Å². The third kappa shape index (κ3) is 3.69. The van der Waals surface area contributed by atoms with Crippen LogP contribution in [0.1, 0.15) is 52.4 Å². The third-order valence-electron chi connectivity index (χ3n) is 4.95. The van der Waals surface area contributed by atoms with Crippen molar-refractivity contribution in [2.24, 2.45) is 11.8 Å². The SMILES string of the molecule is CC1CCC(O)(CN2CCC[C@@H]([C@H](C)O)C2)CC1. The molecule has 2 atom stereocenters. The predicted octanol–water partition coefficient (Wildman–Crippen LogP) is 2.02. The molecule has 0 aromatic rings. The van der Waals surface area contributed by atoms with Gasteiger partial charge in [0.2, 0.25) is 0 Å². The van der Waals surface area contributed by atoms with Gasteiger partial charge in [0.1, 0.15) is 0 Å². The average molecular weight is 255 g/mol. The second-order valence-corrected chi connectivity index (χ2v) is 6.78. The molecular formula is C15H29NO2. The molecule has 2 aliphatic rings. The van der Waals surface area contributed by atoms with E-state index in [1.165, 1.54) is 0 Å². The molecule has 106 valence electrons. The first kappa shape index (κ1) is 14.3. The number of hydrogen-bond acceptors (Lipinski definition) is 3. The van der Waals surface area contributed by atoms with E-state index in [0.29, 0.717) is 5.92 Å². The van der Waals surface area contributed by atoms with E-state index in [0.717, 1.165) is 64.1 Å². The van der Waals surface area contributed by atoms with Crippen molar-refractivity contribution in [2.75, 3.05) is 19.6 Å². The zero-order chi connectivity index (χ0) is 13.2. The van der Waals surface area contributed by atoms with Crippen LogP contribution in [0.15, 0.2) is 0 Å². The summed E-state index contributed by atoms with van der Waals surface area (Å²) in [7, 11) is 0. The fourth-order valence-corrected chi connectivity index (χ4v) is 3.50. The predicted molar refractivity (Wildman–Crippen MR) is 73.4 cm³/mol. The molecule has 0 amide bonds. The molecule has 1 aliphatic heterocycles. The fraction of sp³-hybridized carbons (Fsp3) is 1.00. The molecule has 1 heterocycles. The number of hydrogen-bond donors (Lipinski definition) is 2. The van der Waals surface area contributed by atoms with E-state index in [1.54, 1.807) is 0 Å². The summed E-state index contributed by atoms with van der Waals surface area (Å²) in [6.07, 6.45) is 6.28. The van der Waals surface area contributed by atoms with E-state index in [1.807, 2.05) is 6.92 Å². The monoisotopic (exact) mass is 255 g/mol. The van der Waals surface area contributed by atoms with Gasteiger partial charge in [0.15, 0.2) is 0 Å². The summed E-state index contributed by atoms with van der Waals surface area (Å²) in [5.41, 5.74) is -0.465. The van der Waals surface area contributed by atoms with E-state index in [2.05, 4.69) is 11.8 Å². The highest BCUT2D eigenvalue weighted by Gasteiger charge is 2.35. The maximum Gasteiger partial charge on any atom is 0.0774 e. The van der Waals surface area contributed by atoms with Gasteiger partial charge in [-0.25, -0.2) is 0 Å². The van der Waals surface area contributed by atoms with Crippen LogP contribution in [0, 0.1) is 11.8 Å². The Balaban J connectivity index is 1.85. The van der Waals surface area contributed by atoms with Crippen LogP contribution in [-0.2, 0) is 0 Å². The standard InChI is InChI=1S/C15H29NO2/c1-12-5-7-15(18,8-6-12)11-16-9-3-4-14(10-16)13(2)17/h12-14,17-18H,3-11H2,1-2H3/t12?,13-,14+,15?/m0/s1. The van der Waals surface area contributed by atoms with Gasteiger partial charge < -0.3 is 15.1 Å². The maximum atomic E-state index is 10.7. The number of aliphatic hydroxyl groups excluding tert-OH is 1. The van der Waals surface area contributed by atoms with E-state index in [9.17, 15) is 10.2 Å². The summed E-state index contributed by atoms with van der Waals surface area (Å²) in [4.78, 5) is 2.37. The van der Waals surface area contributed by atoms with Crippen LogP contribution in [-0.4, -0.2) is 46.5 Å². The lowest BCUT2D eigenvalue weighted by atomic mass is 9.79. The van der Waals surface area contributed by atoms with Crippen LogP contribution in [0.3, 0.4) is 0 Å². The highest BCUT2D eigenvalue weighted by Crippen LogP contribution is 2.33. The first-order chi connectivity index (χ1) is 8.48. The smallest absolute Gasteiger partial charge is 0.0774 e. The Morgan fingerprint density at radius 2 is 1.94 bits per heavy atom. The van der Waals surface area contributed by atoms with Gasteiger partial charge in [-0.3, -0.25) is 0 Å². The molecule has 2 N–H and O–H groups in total. The quantitative estimate of drug-likeness (QED) is 0.811. The average Bonchev–Trinajstić information content (AvgIpc) is 2.33. The Morgan fingerprint density at radius 3 is 2.56 bits per heavy atom. The molecule has 18 heavy (non-hydrogen) atoms. The van der Waals surface area contributed by atoms with Gasteiger partial charge in [-0.2, -0.15) is 0 Å². The fourth-order valence-electron chi connectivity index (χ4n) is 3.50. The highest BCUT2D eigenvalue weighted by atomic mass is 16.3. The van der Waals surface area contributed by atoms with Crippen molar-refractivity contribution in [3.63, 3.8) is 0 Å². The zero-order valence-electron chi connectivity index (χ0n) is 11.9. The largest absolute Gasteiger partial charge is 0.393 e. The van der Waals surface area contributed by atoms with E-state index >= 15 is 0 Å². The first-order valence-electron chi connectivity index (χ1n) is 7.61. The van der Waals surface area contributed by atoms with Crippen LogP contribution in [0.4, 0.5) is 0 Å². The van der Waals surface area contributed by atoms with Crippen molar-refractivity contribution in [1.29, 1.82) is 0 Å². The lowest BCUT2D eigenvalue weighted by molar-refractivity contribution is -0.0489. The number of β-amino-alcohol motifs (C(OH)–C–C–N with tert-alkyl or cyclic N) is 1. The summed E-state index contributed by atoms with van der Waals surface area (Å²) in [5.74, 6) is 1.17. The molecule has 0 bridgehead atoms.